The van der Waals surface area contributed by atoms with Crippen molar-refractivity contribution in [1.29, 1.82) is 0 Å². The normalized spacial score (nSPS) is 10.6. The van der Waals surface area contributed by atoms with E-state index in [0.717, 1.165) is 16.8 Å². The van der Waals surface area contributed by atoms with Gasteiger partial charge >= 0.3 is 0 Å². The Morgan fingerprint density at radius 1 is 0.906 bits per heavy atom. The monoisotopic (exact) mass is 433 g/mol. The molecule has 2 N–H and O–H groups in total. The van der Waals surface area contributed by atoms with Crippen LogP contribution in [0.4, 0.5) is 17.4 Å². The molecule has 164 valence electrons. The van der Waals surface area contributed by atoms with Crippen LogP contribution in [-0.2, 0) is 4.79 Å². The highest BCUT2D eigenvalue weighted by atomic mass is 16.5. The van der Waals surface area contributed by atoms with E-state index in [4.69, 9.17) is 18.6 Å². The van der Waals surface area contributed by atoms with Crippen molar-refractivity contribution >= 4 is 34.4 Å². The summed E-state index contributed by atoms with van der Waals surface area (Å²) in [7, 11) is 4.67. The highest BCUT2D eigenvalue weighted by Gasteiger charge is 2.16. The highest BCUT2D eigenvalue weighted by molar-refractivity contribution is 5.93. The van der Waals surface area contributed by atoms with Crippen LogP contribution in [0.15, 0.2) is 59.0 Å². The van der Waals surface area contributed by atoms with E-state index in [1.165, 1.54) is 6.92 Å². The molecule has 0 saturated carbocycles. The number of amides is 1. The minimum Gasteiger partial charge on any atom is -0.493 e. The molecule has 0 aliphatic heterocycles. The molecule has 8 nitrogen and oxygen atoms in total. The first kappa shape index (κ1) is 21.0. The van der Waals surface area contributed by atoms with E-state index in [1.807, 2.05) is 42.5 Å². The van der Waals surface area contributed by atoms with Crippen molar-refractivity contribution in [3.63, 3.8) is 0 Å². The van der Waals surface area contributed by atoms with Crippen LogP contribution in [0.2, 0.25) is 0 Å². The zero-order valence-corrected chi connectivity index (χ0v) is 18.2. The lowest BCUT2D eigenvalue weighted by Crippen LogP contribution is -2.05. The van der Waals surface area contributed by atoms with E-state index in [-0.39, 0.29) is 5.91 Å². The summed E-state index contributed by atoms with van der Waals surface area (Å²) in [4.78, 5) is 15.8. The largest absolute Gasteiger partial charge is 0.493 e. The molecule has 1 amide bonds. The number of nitrogens with zero attached hydrogens (tertiary/aromatic N) is 1. The standard InChI is InChI=1S/C24H23N3O5/c1-14(28)25-16-10-8-15(9-11-16)18-6-5-7-19-22(18)32-24(27-19)26-17-12-20(29-2)23(31-4)21(13-17)30-3/h5-13H,1-4H3,(H,25,28)(H,26,27). The first-order chi connectivity index (χ1) is 15.5. The van der Waals surface area contributed by atoms with Crippen molar-refractivity contribution in [2.75, 3.05) is 32.0 Å². The molecule has 0 aliphatic carbocycles. The number of anilines is 3. The van der Waals surface area contributed by atoms with E-state index >= 15 is 0 Å². The number of hydrogen-bond donors (Lipinski definition) is 2. The summed E-state index contributed by atoms with van der Waals surface area (Å²) in [5, 5.41) is 5.93. The molecule has 0 bridgehead atoms. The van der Waals surface area contributed by atoms with Gasteiger partial charge in [-0.15, -0.1) is 0 Å². The summed E-state index contributed by atoms with van der Waals surface area (Å²) in [5.41, 5.74) is 4.60. The summed E-state index contributed by atoms with van der Waals surface area (Å²) in [6.07, 6.45) is 0. The van der Waals surface area contributed by atoms with E-state index < -0.39 is 0 Å². The summed E-state index contributed by atoms with van der Waals surface area (Å²) < 4.78 is 22.2. The van der Waals surface area contributed by atoms with Gasteiger partial charge in [0.1, 0.15) is 5.52 Å². The predicted octanol–water partition coefficient (Wildman–Crippen LogP) is 5.22. The van der Waals surface area contributed by atoms with Crippen LogP contribution in [0.3, 0.4) is 0 Å². The summed E-state index contributed by atoms with van der Waals surface area (Å²) in [6.45, 7) is 1.48. The van der Waals surface area contributed by atoms with Gasteiger partial charge in [-0.2, -0.15) is 4.98 Å². The average Bonchev–Trinajstić information content (AvgIpc) is 3.21. The molecule has 4 rings (SSSR count). The van der Waals surface area contributed by atoms with Gasteiger partial charge in [0.05, 0.1) is 21.3 Å². The molecule has 0 spiro atoms. The summed E-state index contributed by atoms with van der Waals surface area (Å²) in [5.74, 6) is 1.43. The zero-order chi connectivity index (χ0) is 22.7. The molecule has 0 aliphatic rings. The quantitative estimate of drug-likeness (QED) is 0.412. The van der Waals surface area contributed by atoms with Crippen LogP contribution in [-0.4, -0.2) is 32.2 Å². The number of nitrogens with one attached hydrogen (secondary N) is 2. The smallest absolute Gasteiger partial charge is 0.300 e. The molecule has 3 aromatic carbocycles. The zero-order valence-electron chi connectivity index (χ0n) is 18.2. The van der Waals surface area contributed by atoms with Crippen molar-refractivity contribution in [3.8, 4) is 28.4 Å². The van der Waals surface area contributed by atoms with Crippen LogP contribution in [0.5, 0.6) is 17.2 Å². The molecule has 0 unspecified atom stereocenters. The first-order valence-electron chi connectivity index (χ1n) is 9.87. The van der Waals surface area contributed by atoms with Crippen LogP contribution < -0.4 is 24.8 Å². The van der Waals surface area contributed by atoms with E-state index in [9.17, 15) is 4.79 Å². The molecule has 0 fully saturated rings. The second kappa shape index (κ2) is 8.89. The lowest BCUT2D eigenvalue weighted by atomic mass is 10.0. The Morgan fingerprint density at radius 3 is 2.19 bits per heavy atom. The fourth-order valence-electron chi connectivity index (χ4n) is 3.44. The van der Waals surface area contributed by atoms with Crippen molar-refractivity contribution in [2.24, 2.45) is 0 Å². The Labute approximate surface area is 185 Å². The summed E-state index contributed by atoms with van der Waals surface area (Å²) in [6, 6.07) is 17.2. The van der Waals surface area contributed by atoms with Crippen LogP contribution in [0.1, 0.15) is 6.92 Å². The Kier molecular flexibility index (Phi) is 5.85. The fraction of sp³-hybridized carbons (Fsp3) is 0.167. The van der Waals surface area contributed by atoms with Gasteiger partial charge in [0, 0.05) is 36.0 Å². The van der Waals surface area contributed by atoms with E-state index in [1.54, 1.807) is 33.5 Å². The van der Waals surface area contributed by atoms with Crippen molar-refractivity contribution in [2.45, 2.75) is 6.92 Å². The molecule has 0 radical (unpaired) electrons. The first-order valence-corrected chi connectivity index (χ1v) is 9.87. The molecular formula is C24H23N3O5. The summed E-state index contributed by atoms with van der Waals surface area (Å²) >= 11 is 0. The number of hydrogen-bond acceptors (Lipinski definition) is 7. The number of para-hydroxylation sites is 1. The highest BCUT2D eigenvalue weighted by Crippen LogP contribution is 2.41. The van der Waals surface area contributed by atoms with Crippen LogP contribution >= 0.6 is 0 Å². The van der Waals surface area contributed by atoms with Crippen molar-refractivity contribution in [3.05, 3.63) is 54.6 Å². The second-order valence-electron chi connectivity index (χ2n) is 6.97. The Morgan fingerprint density at radius 2 is 1.59 bits per heavy atom. The van der Waals surface area contributed by atoms with Gasteiger partial charge < -0.3 is 29.3 Å². The van der Waals surface area contributed by atoms with Gasteiger partial charge in [0.15, 0.2) is 17.1 Å². The maximum absolute atomic E-state index is 11.2. The molecule has 0 atom stereocenters. The second-order valence-corrected chi connectivity index (χ2v) is 6.97. The molecule has 32 heavy (non-hydrogen) atoms. The third-order valence-electron chi connectivity index (χ3n) is 4.85. The van der Waals surface area contributed by atoms with Crippen molar-refractivity contribution in [1.82, 2.24) is 4.98 Å². The maximum atomic E-state index is 11.2. The van der Waals surface area contributed by atoms with Crippen LogP contribution in [0, 0.1) is 0 Å². The lowest BCUT2D eigenvalue weighted by Gasteiger charge is -2.14. The molecule has 8 heteroatoms. The number of rotatable bonds is 7. The Bertz CT molecular complexity index is 1240. The van der Waals surface area contributed by atoms with Gasteiger partial charge in [-0.3, -0.25) is 4.79 Å². The molecular weight excluding hydrogens is 410 g/mol. The molecule has 1 aromatic heterocycles. The van der Waals surface area contributed by atoms with Crippen LogP contribution in [0.25, 0.3) is 22.2 Å². The average molecular weight is 433 g/mol. The number of fused-ring (bicyclic) bond motifs is 1. The minimum absolute atomic E-state index is 0.113. The molecule has 4 aromatic rings. The number of carbonyl (C=O) groups excluding carboxylic acids is 1. The van der Waals surface area contributed by atoms with Gasteiger partial charge in [-0.25, -0.2) is 0 Å². The van der Waals surface area contributed by atoms with E-state index in [2.05, 4.69) is 15.6 Å². The number of oxazole rings is 1. The number of methoxy groups -OCH3 is 3. The van der Waals surface area contributed by atoms with Gasteiger partial charge in [-0.1, -0.05) is 24.3 Å². The van der Waals surface area contributed by atoms with Gasteiger partial charge in [0.2, 0.25) is 11.7 Å². The third kappa shape index (κ3) is 4.15. The number of ether oxygens (including phenoxy) is 3. The van der Waals surface area contributed by atoms with Gasteiger partial charge in [0.25, 0.3) is 6.01 Å². The maximum Gasteiger partial charge on any atom is 0.300 e. The number of aromatic nitrogens is 1. The van der Waals surface area contributed by atoms with Crippen molar-refractivity contribution < 1.29 is 23.4 Å². The third-order valence-corrected chi connectivity index (χ3v) is 4.85. The molecule has 0 saturated heterocycles. The lowest BCUT2D eigenvalue weighted by molar-refractivity contribution is -0.114. The molecule has 1 heterocycles. The Balaban J connectivity index is 1.67. The number of benzene rings is 3. The number of carbonyl (C=O) groups is 1. The minimum atomic E-state index is -0.113. The van der Waals surface area contributed by atoms with Gasteiger partial charge in [-0.05, 0) is 23.8 Å². The topological polar surface area (TPSA) is 94.9 Å². The Hall–Kier alpha value is -4.20. The van der Waals surface area contributed by atoms with E-state index in [0.29, 0.717) is 40.1 Å². The SMILES string of the molecule is COc1cc(Nc2nc3cccc(-c4ccc(NC(C)=O)cc4)c3o2)cc(OC)c1OC. The predicted molar refractivity (Wildman–Crippen MR) is 123 cm³/mol. The fourth-order valence-corrected chi connectivity index (χ4v) is 3.44.